The highest BCUT2D eigenvalue weighted by Gasteiger charge is 2.28. The maximum absolute atomic E-state index is 12.1. The molecule has 0 radical (unpaired) electrons. The molecule has 1 aliphatic rings. The first-order valence-corrected chi connectivity index (χ1v) is 7.18. The summed E-state index contributed by atoms with van der Waals surface area (Å²) in [5.74, 6) is 1.78. The van der Waals surface area contributed by atoms with Crippen LogP contribution in [0.15, 0.2) is 12.1 Å². The van der Waals surface area contributed by atoms with Crippen LogP contribution < -0.4 is 10.6 Å². The third-order valence-electron chi connectivity index (χ3n) is 3.43. The number of nitrogens with one attached hydrogen (secondary N) is 2. The van der Waals surface area contributed by atoms with Crippen molar-refractivity contribution in [1.29, 1.82) is 0 Å². The van der Waals surface area contributed by atoms with Crippen LogP contribution in [0.25, 0.3) is 0 Å². The van der Waals surface area contributed by atoms with E-state index in [1.807, 2.05) is 6.92 Å². The molecule has 19 heavy (non-hydrogen) atoms. The van der Waals surface area contributed by atoms with Gasteiger partial charge in [0.05, 0.1) is 5.02 Å². The lowest BCUT2D eigenvalue weighted by atomic mass is 10.1. The molecule has 0 saturated heterocycles. The Morgan fingerprint density at radius 1 is 1.53 bits per heavy atom. The monoisotopic (exact) mass is 281 g/mol. The zero-order valence-electron chi connectivity index (χ0n) is 11.4. The van der Waals surface area contributed by atoms with Crippen molar-refractivity contribution in [2.75, 3.05) is 18.4 Å². The van der Waals surface area contributed by atoms with Gasteiger partial charge in [-0.2, -0.15) is 0 Å². The molecule has 1 aromatic heterocycles. The molecule has 1 atom stereocenters. The first-order valence-electron chi connectivity index (χ1n) is 6.80. The smallest absolute Gasteiger partial charge is 0.271 e. The average molecular weight is 282 g/mol. The van der Waals surface area contributed by atoms with Crippen molar-refractivity contribution in [3.05, 3.63) is 22.8 Å². The van der Waals surface area contributed by atoms with Crippen LogP contribution in [0.4, 0.5) is 5.82 Å². The topological polar surface area (TPSA) is 54.0 Å². The fourth-order valence-corrected chi connectivity index (χ4v) is 2.24. The Balaban J connectivity index is 1.98. The van der Waals surface area contributed by atoms with Gasteiger partial charge in [-0.1, -0.05) is 18.5 Å². The number of halogens is 1. The van der Waals surface area contributed by atoms with Gasteiger partial charge in [0.15, 0.2) is 0 Å². The van der Waals surface area contributed by atoms with Gasteiger partial charge in [0, 0.05) is 13.1 Å². The number of pyridine rings is 1. The minimum Gasteiger partial charge on any atom is -0.370 e. The number of rotatable bonds is 6. The van der Waals surface area contributed by atoms with Crippen molar-refractivity contribution in [3.63, 3.8) is 0 Å². The summed E-state index contributed by atoms with van der Waals surface area (Å²) in [6.45, 7) is 5.59. The van der Waals surface area contributed by atoms with Gasteiger partial charge >= 0.3 is 0 Å². The van der Waals surface area contributed by atoms with E-state index >= 15 is 0 Å². The normalized spacial score (nSPS) is 15.9. The molecular weight excluding hydrogens is 262 g/mol. The summed E-state index contributed by atoms with van der Waals surface area (Å²) in [4.78, 5) is 16.3. The van der Waals surface area contributed by atoms with E-state index in [1.165, 1.54) is 12.8 Å². The number of anilines is 1. The van der Waals surface area contributed by atoms with Crippen LogP contribution in [-0.2, 0) is 0 Å². The second-order valence-corrected chi connectivity index (χ2v) is 5.49. The van der Waals surface area contributed by atoms with Crippen LogP contribution >= 0.6 is 11.6 Å². The zero-order valence-corrected chi connectivity index (χ0v) is 12.1. The van der Waals surface area contributed by atoms with Crippen molar-refractivity contribution in [2.45, 2.75) is 26.7 Å². The predicted molar refractivity (Wildman–Crippen MR) is 77.6 cm³/mol. The first kappa shape index (κ1) is 14.1. The van der Waals surface area contributed by atoms with Gasteiger partial charge in [0.1, 0.15) is 11.5 Å². The average Bonchev–Trinajstić information content (AvgIpc) is 3.22. The Bertz CT molecular complexity index is 460. The zero-order chi connectivity index (χ0) is 13.8. The standard InChI is InChI=1S/C14H20ClN3O/c1-3-16-12-7-6-11(15)13(18-12)14(19)17-8-9(2)10-4-5-10/h6-7,9-10H,3-5,8H2,1-2H3,(H,16,18)(H,17,19). The molecule has 1 heterocycles. The van der Waals surface area contributed by atoms with E-state index in [-0.39, 0.29) is 5.91 Å². The van der Waals surface area contributed by atoms with Crippen molar-refractivity contribution in [3.8, 4) is 0 Å². The number of nitrogens with zero attached hydrogens (tertiary/aromatic N) is 1. The number of hydrogen-bond donors (Lipinski definition) is 2. The Kier molecular flexibility index (Phi) is 4.64. The minimum absolute atomic E-state index is 0.197. The van der Waals surface area contributed by atoms with Crippen LogP contribution in [0.5, 0.6) is 0 Å². The molecule has 0 aliphatic heterocycles. The summed E-state index contributed by atoms with van der Waals surface area (Å²) < 4.78 is 0. The van der Waals surface area contributed by atoms with E-state index in [0.29, 0.717) is 29.0 Å². The van der Waals surface area contributed by atoms with Gasteiger partial charge in [-0.05, 0) is 43.7 Å². The van der Waals surface area contributed by atoms with Gasteiger partial charge in [0.25, 0.3) is 5.91 Å². The maximum atomic E-state index is 12.1. The Labute approximate surface area is 118 Å². The fourth-order valence-electron chi connectivity index (χ4n) is 2.05. The maximum Gasteiger partial charge on any atom is 0.271 e. The molecule has 4 nitrogen and oxygen atoms in total. The molecule has 1 saturated carbocycles. The molecule has 2 N–H and O–H groups in total. The largest absolute Gasteiger partial charge is 0.370 e. The quantitative estimate of drug-likeness (QED) is 0.843. The van der Waals surface area contributed by atoms with Crippen molar-refractivity contribution < 1.29 is 4.79 Å². The van der Waals surface area contributed by atoms with Crippen LogP contribution in [-0.4, -0.2) is 24.0 Å². The second kappa shape index (κ2) is 6.24. The predicted octanol–water partition coefficient (Wildman–Crippen LogP) is 2.94. The second-order valence-electron chi connectivity index (χ2n) is 5.08. The van der Waals surface area contributed by atoms with Crippen LogP contribution in [0.3, 0.4) is 0 Å². The van der Waals surface area contributed by atoms with E-state index in [0.717, 1.165) is 12.5 Å². The van der Waals surface area contributed by atoms with Gasteiger partial charge < -0.3 is 10.6 Å². The molecule has 1 amide bonds. The highest BCUT2D eigenvalue weighted by atomic mass is 35.5. The number of carbonyl (C=O) groups is 1. The van der Waals surface area contributed by atoms with Gasteiger partial charge in [-0.3, -0.25) is 4.79 Å². The van der Waals surface area contributed by atoms with Crippen molar-refractivity contribution >= 4 is 23.3 Å². The molecule has 1 fully saturated rings. The molecule has 1 aliphatic carbocycles. The Hall–Kier alpha value is -1.29. The molecule has 104 valence electrons. The third-order valence-corrected chi connectivity index (χ3v) is 3.74. The molecule has 0 bridgehead atoms. The lowest BCUT2D eigenvalue weighted by molar-refractivity contribution is 0.0942. The summed E-state index contributed by atoms with van der Waals surface area (Å²) >= 11 is 6.03. The molecule has 0 aromatic carbocycles. The van der Waals surface area contributed by atoms with Crippen molar-refractivity contribution in [2.24, 2.45) is 11.8 Å². The van der Waals surface area contributed by atoms with E-state index in [1.54, 1.807) is 12.1 Å². The van der Waals surface area contributed by atoms with Gasteiger partial charge in [0.2, 0.25) is 0 Å². The van der Waals surface area contributed by atoms with E-state index < -0.39 is 0 Å². The van der Waals surface area contributed by atoms with Crippen LogP contribution in [0, 0.1) is 11.8 Å². The molecule has 0 spiro atoms. The lowest BCUT2D eigenvalue weighted by Crippen LogP contribution is -2.30. The summed E-state index contributed by atoms with van der Waals surface area (Å²) in [5, 5.41) is 6.38. The first-order chi connectivity index (χ1) is 9.11. The van der Waals surface area contributed by atoms with Crippen LogP contribution in [0.2, 0.25) is 5.02 Å². The van der Waals surface area contributed by atoms with E-state index in [2.05, 4.69) is 22.5 Å². The molecule has 1 unspecified atom stereocenters. The SMILES string of the molecule is CCNc1ccc(Cl)c(C(=O)NCC(C)C2CC2)n1. The van der Waals surface area contributed by atoms with Gasteiger partial charge in [-0.25, -0.2) is 4.98 Å². The van der Waals surface area contributed by atoms with Crippen molar-refractivity contribution in [1.82, 2.24) is 10.3 Å². The van der Waals surface area contributed by atoms with Crippen LogP contribution in [0.1, 0.15) is 37.2 Å². The molecule has 5 heteroatoms. The summed E-state index contributed by atoms with van der Waals surface area (Å²) in [6.07, 6.45) is 2.57. The molecule has 2 rings (SSSR count). The summed E-state index contributed by atoms with van der Waals surface area (Å²) in [7, 11) is 0. The number of amides is 1. The fraction of sp³-hybridized carbons (Fsp3) is 0.571. The third kappa shape index (κ3) is 3.83. The molecular formula is C14H20ClN3O. The lowest BCUT2D eigenvalue weighted by Gasteiger charge is -2.12. The highest BCUT2D eigenvalue weighted by molar-refractivity contribution is 6.33. The Morgan fingerprint density at radius 2 is 2.26 bits per heavy atom. The highest BCUT2D eigenvalue weighted by Crippen LogP contribution is 2.36. The van der Waals surface area contributed by atoms with E-state index in [9.17, 15) is 4.79 Å². The minimum atomic E-state index is -0.197. The molecule has 1 aromatic rings. The summed E-state index contributed by atoms with van der Waals surface area (Å²) in [5.41, 5.74) is 0.295. The van der Waals surface area contributed by atoms with Gasteiger partial charge in [-0.15, -0.1) is 0 Å². The number of aromatic nitrogens is 1. The number of carbonyl (C=O) groups excluding carboxylic acids is 1. The Morgan fingerprint density at radius 3 is 2.89 bits per heavy atom. The summed E-state index contributed by atoms with van der Waals surface area (Å²) in [6, 6.07) is 3.47. The van der Waals surface area contributed by atoms with E-state index in [4.69, 9.17) is 11.6 Å². The number of hydrogen-bond acceptors (Lipinski definition) is 3.